The average molecular weight is 317 g/mol. The van der Waals surface area contributed by atoms with E-state index in [9.17, 15) is 23.1 Å². The van der Waals surface area contributed by atoms with Crippen LogP contribution in [0.2, 0.25) is 5.02 Å². The number of rotatable bonds is 0. The van der Waals surface area contributed by atoms with E-state index in [-0.39, 0.29) is 22.8 Å². The first kappa shape index (κ1) is 14.4. The number of hydrogen-bond donors (Lipinski definition) is 1. The number of carbonyl (C=O) groups excluding carboxylic acids is 1. The fourth-order valence-corrected chi connectivity index (χ4v) is 3.65. The molecule has 0 saturated carbocycles. The van der Waals surface area contributed by atoms with Crippen molar-refractivity contribution in [1.29, 1.82) is 0 Å². The lowest BCUT2D eigenvalue weighted by molar-refractivity contribution is -0.130. The number of phenolic OH excluding ortho intramolecular Hbond substituents is 1. The summed E-state index contributed by atoms with van der Waals surface area (Å²) in [6.45, 7) is 1.72. The predicted molar refractivity (Wildman–Crippen MR) is 72.1 cm³/mol. The van der Waals surface area contributed by atoms with Gasteiger partial charge in [-0.3, -0.25) is 4.79 Å². The van der Waals surface area contributed by atoms with Crippen molar-refractivity contribution in [3.8, 4) is 5.75 Å². The molecule has 112 valence electrons. The Kier molecular flexibility index (Phi) is 2.93. The van der Waals surface area contributed by atoms with Crippen LogP contribution >= 0.6 is 11.6 Å². The second kappa shape index (κ2) is 4.26. The zero-order valence-electron chi connectivity index (χ0n) is 11.1. The van der Waals surface area contributed by atoms with E-state index in [0.717, 1.165) is 0 Å². The minimum atomic E-state index is -4.68. The standard InChI is InChI=1S/C15H12ClF3O2/c1-14-5-4-9(20)12(15(17,18)19)11(14)7-2-3-10(21)13(16)8(7)6-14/h2-3,21H,4-6H2,1H3. The van der Waals surface area contributed by atoms with E-state index in [2.05, 4.69) is 0 Å². The van der Waals surface area contributed by atoms with Crippen molar-refractivity contribution in [3.05, 3.63) is 33.9 Å². The summed E-state index contributed by atoms with van der Waals surface area (Å²) in [6.07, 6.45) is -4.14. The van der Waals surface area contributed by atoms with Crippen LogP contribution in [0.3, 0.4) is 0 Å². The highest BCUT2D eigenvalue weighted by atomic mass is 35.5. The maximum atomic E-state index is 13.3. The van der Waals surface area contributed by atoms with Gasteiger partial charge in [-0.1, -0.05) is 24.6 Å². The fourth-order valence-electron chi connectivity index (χ4n) is 3.42. The summed E-state index contributed by atoms with van der Waals surface area (Å²) in [5.74, 6) is -1.02. The Hall–Kier alpha value is -1.49. The Morgan fingerprint density at radius 1 is 1.33 bits per heavy atom. The number of halogens is 4. The number of Topliss-reactive ketones (excluding diaryl/α,β-unsaturated/α-hetero) is 1. The highest BCUT2D eigenvalue weighted by Crippen LogP contribution is 2.57. The van der Waals surface area contributed by atoms with Crippen LogP contribution in [0.4, 0.5) is 13.2 Å². The Bertz CT molecular complexity index is 691. The number of allylic oxidation sites excluding steroid dienone is 2. The SMILES string of the molecule is CC12CCC(=O)C(C(F)(F)F)=C1c1ccc(O)c(Cl)c1C2. The van der Waals surface area contributed by atoms with Crippen LogP contribution in [-0.4, -0.2) is 17.1 Å². The van der Waals surface area contributed by atoms with E-state index < -0.39 is 22.9 Å². The molecular weight excluding hydrogens is 305 g/mol. The highest BCUT2D eigenvalue weighted by molar-refractivity contribution is 6.33. The van der Waals surface area contributed by atoms with Gasteiger partial charge in [-0.25, -0.2) is 0 Å². The molecule has 0 aromatic heterocycles. The number of phenols is 1. The number of fused-ring (bicyclic) bond motifs is 3. The van der Waals surface area contributed by atoms with Gasteiger partial charge >= 0.3 is 6.18 Å². The van der Waals surface area contributed by atoms with Gasteiger partial charge < -0.3 is 5.11 Å². The Morgan fingerprint density at radius 2 is 2.00 bits per heavy atom. The zero-order valence-corrected chi connectivity index (χ0v) is 11.9. The summed E-state index contributed by atoms with van der Waals surface area (Å²) >= 11 is 6.03. The van der Waals surface area contributed by atoms with E-state index in [1.807, 2.05) is 0 Å². The molecule has 2 nitrogen and oxygen atoms in total. The molecule has 6 heteroatoms. The van der Waals surface area contributed by atoms with Crippen LogP contribution in [-0.2, 0) is 11.2 Å². The smallest absolute Gasteiger partial charge is 0.420 e. The van der Waals surface area contributed by atoms with Crippen LogP contribution in [0.1, 0.15) is 30.9 Å². The van der Waals surface area contributed by atoms with Gasteiger partial charge in [0.05, 0.1) is 5.02 Å². The van der Waals surface area contributed by atoms with Crippen molar-refractivity contribution in [3.63, 3.8) is 0 Å². The maximum absolute atomic E-state index is 13.3. The molecule has 3 rings (SSSR count). The van der Waals surface area contributed by atoms with Gasteiger partial charge in [-0.05, 0) is 41.0 Å². The van der Waals surface area contributed by atoms with Gasteiger partial charge in [0, 0.05) is 6.42 Å². The van der Waals surface area contributed by atoms with Crippen molar-refractivity contribution >= 4 is 23.0 Å². The molecule has 1 aromatic rings. The largest absolute Gasteiger partial charge is 0.506 e. The average Bonchev–Trinajstić information content (AvgIpc) is 2.67. The summed E-state index contributed by atoms with van der Waals surface area (Å²) < 4.78 is 39.9. The van der Waals surface area contributed by atoms with Crippen molar-refractivity contribution < 1.29 is 23.1 Å². The molecule has 0 fully saturated rings. The van der Waals surface area contributed by atoms with Gasteiger partial charge in [0.15, 0.2) is 5.78 Å². The Morgan fingerprint density at radius 3 is 2.62 bits per heavy atom. The van der Waals surface area contributed by atoms with Crippen molar-refractivity contribution in [2.75, 3.05) is 0 Å². The van der Waals surface area contributed by atoms with E-state index in [0.29, 0.717) is 24.0 Å². The number of aromatic hydroxyl groups is 1. The normalized spacial score (nSPS) is 25.1. The van der Waals surface area contributed by atoms with Crippen LogP contribution in [0.25, 0.3) is 5.57 Å². The zero-order chi connectivity index (χ0) is 15.6. The number of alkyl halides is 3. The van der Waals surface area contributed by atoms with E-state index in [1.54, 1.807) is 6.92 Å². The molecular formula is C15H12ClF3O2. The van der Waals surface area contributed by atoms with Crippen molar-refractivity contribution in [2.45, 2.75) is 32.4 Å². The molecule has 2 aliphatic rings. The highest BCUT2D eigenvalue weighted by Gasteiger charge is 2.52. The lowest BCUT2D eigenvalue weighted by atomic mass is 9.71. The fraction of sp³-hybridized carbons (Fsp3) is 0.400. The number of ketones is 1. The minimum Gasteiger partial charge on any atom is -0.506 e. The predicted octanol–water partition coefficient (Wildman–Crippen LogP) is 4.29. The van der Waals surface area contributed by atoms with Gasteiger partial charge in [-0.15, -0.1) is 0 Å². The molecule has 0 saturated heterocycles. The van der Waals surface area contributed by atoms with E-state index in [1.165, 1.54) is 12.1 Å². The molecule has 0 heterocycles. The van der Waals surface area contributed by atoms with Crippen LogP contribution in [0.5, 0.6) is 5.75 Å². The van der Waals surface area contributed by atoms with Gasteiger partial charge in [0.25, 0.3) is 0 Å². The summed E-state index contributed by atoms with van der Waals surface area (Å²) in [6, 6.07) is 2.69. The second-order valence-corrected chi connectivity index (χ2v) is 6.21. The Labute approximate surface area is 124 Å². The molecule has 1 unspecified atom stereocenters. The van der Waals surface area contributed by atoms with Crippen molar-refractivity contribution in [1.82, 2.24) is 0 Å². The maximum Gasteiger partial charge on any atom is 0.420 e. The van der Waals surface area contributed by atoms with E-state index >= 15 is 0 Å². The molecule has 2 aliphatic carbocycles. The van der Waals surface area contributed by atoms with Gasteiger partial charge in [-0.2, -0.15) is 13.2 Å². The number of carbonyl (C=O) groups is 1. The molecule has 0 aliphatic heterocycles. The molecule has 1 N–H and O–H groups in total. The molecule has 0 amide bonds. The van der Waals surface area contributed by atoms with Crippen LogP contribution < -0.4 is 0 Å². The molecule has 0 bridgehead atoms. The molecule has 1 atom stereocenters. The van der Waals surface area contributed by atoms with Crippen molar-refractivity contribution in [2.24, 2.45) is 5.41 Å². The first-order chi connectivity index (χ1) is 9.65. The monoisotopic (exact) mass is 316 g/mol. The topological polar surface area (TPSA) is 37.3 Å². The third-order valence-electron chi connectivity index (χ3n) is 4.38. The minimum absolute atomic E-state index is 0.0307. The van der Waals surface area contributed by atoms with Crippen LogP contribution in [0.15, 0.2) is 17.7 Å². The molecule has 1 aromatic carbocycles. The third kappa shape index (κ3) is 1.98. The van der Waals surface area contributed by atoms with Crippen LogP contribution in [0, 0.1) is 5.41 Å². The summed E-state index contributed by atoms with van der Waals surface area (Å²) in [4.78, 5) is 11.8. The third-order valence-corrected chi connectivity index (χ3v) is 4.80. The number of hydrogen-bond acceptors (Lipinski definition) is 2. The lowest BCUT2D eigenvalue weighted by Gasteiger charge is -2.33. The second-order valence-electron chi connectivity index (χ2n) is 5.83. The summed E-state index contributed by atoms with van der Waals surface area (Å²) in [7, 11) is 0. The first-order valence-electron chi connectivity index (χ1n) is 6.51. The molecule has 0 radical (unpaired) electrons. The number of benzene rings is 1. The first-order valence-corrected chi connectivity index (χ1v) is 6.89. The van der Waals surface area contributed by atoms with Gasteiger partial charge in [0.1, 0.15) is 11.3 Å². The molecule has 0 spiro atoms. The van der Waals surface area contributed by atoms with Gasteiger partial charge in [0.2, 0.25) is 0 Å². The quantitative estimate of drug-likeness (QED) is 0.775. The Balaban J connectivity index is 2.36. The molecule has 21 heavy (non-hydrogen) atoms. The summed E-state index contributed by atoms with van der Waals surface area (Å²) in [5, 5.41) is 9.72. The van der Waals surface area contributed by atoms with E-state index in [4.69, 9.17) is 11.6 Å². The lowest BCUT2D eigenvalue weighted by Crippen LogP contribution is -2.32. The summed E-state index contributed by atoms with van der Waals surface area (Å²) in [5.41, 5.74) is -0.968.